The summed E-state index contributed by atoms with van der Waals surface area (Å²) in [4.78, 5) is 37.5. The van der Waals surface area contributed by atoms with Gasteiger partial charge >= 0.3 is 11.9 Å². The average molecular weight is 494 g/mol. The number of thiophene rings is 1. The second kappa shape index (κ2) is 8.49. The van der Waals surface area contributed by atoms with E-state index in [2.05, 4.69) is 21.2 Å². The fraction of sp³-hybridized carbons (Fsp3) is 0.381. The van der Waals surface area contributed by atoms with Crippen molar-refractivity contribution in [1.82, 2.24) is 0 Å². The minimum atomic E-state index is -1.03. The van der Waals surface area contributed by atoms with E-state index in [1.165, 1.54) is 11.3 Å². The molecule has 7 nitrogen and oxygen atoms in total. The molecule has 1 amide bonds. The summed E-state index contributed by atoms with van der Waals surface area (Å²) in [6.45, 7) is 1.91. The highest BCUT2D eigenvalue weighted by Gasteiger charge is 2.55. The highest BCUT2D eigenvalue weighted by atomic mass is 79.9. The minimum Gasteiger partial charge on any atom is -0.481 e. The van der Waals surface area contributed by atoms with Crippen molar-refractivity contribution >= 4 is 50.1 Å². The van der Waals surface area contributed by atoms with Gasteiger partial charge in [-0.05, 0) is 37.5 Å². The van der Waals surface area contributed by atoms with E-state index in [-0.39, 0.29) is 12.2 Å². The van der Waals surface area contributed by atoms with Gasteiger partial charge in [0.25, 0.3) is 0 Å². The van der Waals surface area contributed by atoms with Crippen LogP contribution >= 0.6 is 27.3 Å². The number of nitrogens with one attached hydrogen (secondary N) is 1. The molecule has 2 aromatic rings. The van der Waals surface area contributed by atoms with Crippen LogP contribution in [-0.4, -0.2) is 41.8 Å². The van der Waals surface area contributed by atoms with Gasteiger partial charge in [0.2, 0.25) is 5.91 Å². The summed E-state index contributed by atoms with van der Waals surface area (Å²) >= 11 is 4.64. The lowest BCUT2D eigenvalue weighted by Gasteiger charge is -2.23. The maximum absolute atomic E-state index is 13.0. The minimum absolute atomic E-state index is 0.196. The third kappa shape index (κ3) is 3.77. The van der Waals surface area contributed by atoms with E-state index in [1.54, 1.807) is 12.3 Å². The molecule has 4 atom stereocenters. The van der Waals surface area contributed by atoms with Gasteiger partial charge in [-0.3, -0.25) is 9.59 Å². The summed E-state index contributed by atoms with van der Waals surface area (Å²) in [5, 5.41) is 14.5. The van der Waals surface area contributed by atoms with Crippen LogP contribution in [0, 0.1) is 11.8 Å². The van der Waals surface area contributed by atoms with Crippen molar-refractivity contribution in [3.8, 4) is 11.1 Å². The lowest BCUT2D eigenvalue weighted by atomic mass is 9.79. The van der Waals surface area contributed by atoms with Gasteiger partial charge < -0.3 is 19.9 Å². The first-order valence-corrected chi connectivity index (χ1v) is 11.3. The Hall–Kier alpha value is -2.23. The standard InChI is InChI=1S/C21H20BrNO6S/c1-2-28-21(27)15-12(10-4-3-5-11(22)8-10)9-30-19(15)23-18(24)16-13-6-7-14(29-13)17(16)20(25)26/h3-5,8-9,13-14,16-17H,2,6-7H2,1H3,(H,23,24)(H,25,26)/t13-,14+,16-,17-/m0/s1. The third-order valence-electron chi connectivity index (χ3n) is 5.50. The number of esters is 1. The number of aliphatic carboxylic acids is 1. The lowest BCUT2D eigenvalue weighted by Crippen LogP contribution is -2.41. The fourth-order valence-corrected chi connectivity index (χ4v) is 5.60. The molecule has 2 N–H and O–H groups in total. The number of benzene rings is 1. The van der Waals surface area contributed by atoms with Gasteiger partial charge in [0.1, 0.15) is 10.6 Å². The number of carbonyl (C=O) groups is 3. The Morgan fingerprint density at radius 3 is 2.67 bits per heavy atom. The summed E-state index contributed by atoms with van der Waals surface area (Å²) in [5.41, 5.74) is 1.72. The summed E-state index contributed by atoms with van der Waals surface area (Å²) in [5.74, 6) is -3.67. The Labute approximate surface area is 185 Å². The monoisotopic (exact) mass is 493 g/mol. The summed E-state index contributed by atoms with van der Waals surface area (Å²) < 4.78 is 11.8. The number of halogens is 1. The summed E-state index contributed by atoms with van der Waals surface area (Å²) in [7, 11) is 0. The molecule has 1 aromatic heterocycles. The lowest BCUT2D eigenvalue weighted by molar-refractivity contribution is -0.147. The molecule has 2 saturated heterocycles. The number of carboxylic acid groups (broad SMARTS) is 1. The van der Waals surface area contributed by atoms with E-state index in [4.69, 9.17) is 9.47 Å². The van der Waals surface area contributed by atoms with Crippen LogP contribution in [0.25, 0.3) is 11.1 Å². The molecule has 30 heavy (non-hydrogen) atoms. The van der Waals surface area contributed by atoms with Crippen LogP contribution in [0.15, 0.2) is 34.1 Å². The average Bonchev–Trinajstić information content (AvgIpc) is 3.42. The van der Waals surface area contributed by atoms with E-state index in [1.807, 2.05) is 24.3 Å². The van der Waals surface area contributed by atoms with Crippen molar-refractivity contribution in [3.63, 3.8) is 0 Å². The van der Waals surface area contributed by atoms with Gasteiger partial charge in [0.15, 0.2) is 0 Å². The number of hydrogen-bond acceptors (Lipinski definition) is 6. The predicted molar refractivity (Wildman–Crippen MR) is 115 cm³/mol. The Morgan fingerprint density at radius 1 is 1.27 bits per heavy atom. The first kappa shape index (κ1) is 21.0. The number of anilines is 1. The zero-order valence-corrected chi connectivity index (χ0v) is 18.5. The number of fused-ring (bicyclic) bond motifs is 2. The van der Waals surface area contributed by atoms with Crippen LogP contribution in [0.1, 0.15) is 30.1 Å². The SMILES string of the molecule is CCOC(=O)c1c(-c2cccc(Br)c2)csc1NC(=O)[C@@H]1[C@@H](C(=O)O)[C@H]2CC[C@@H]1O2. The summed E-state index contributed by atoms with van der Waals surface area (Å²) in [6, 6.07) is 7.48. The number of carboxylic acids is 1. The predicted octanol–water partition coefficient (Wildman–Crippen LogP) is 4.17. The smallest absolute Gasteiger partial charge is 0.341 e. The van der Waals surface area contributed by atoms with Crippen LogP contribution < -0.4 is 5.32 Å². The molecule has 0 radical (unpaired) electrons. The number of rotatable bonds is 6. The van der Waals surface area contributed by atoms with Crippen molar-refractivity contribution in [2.45, 2.75) is 32.0 Å². The Morgan fingerprint density at radius 2 is 2.00 bits per heavy atom. The Kier molecular flexibility index (Phi) is 5.95. The molecular formula is C21H20BrNO6S. The largest absolute Gasteiger partial charge is 0.481 e. The van der Waals surface area contributed by atoms with Gasteiger partial charge in [-0.25, -0.2) is 4.79 Å². The molecule has 0 spiro atoms. The van der Waals surface area contributed by atoms with Crippen LogP contribution in [0.2, 0.25) is 0 Å². The molecule has 2 bridgehead atoms. The normalized spacial score (nSPS) is 24.6. The fourth-order valence-electron chi connectivity index (χ4n) is 4.24. The molecule has 2 fully saturated rings. The molecule has 2 aliphatic heterocycles. The number of amides is 1. The molecule has 0 saturated carbocycles. The van der Waals surface area contributed by atoms with Crippen molar-refractivity contribution in [2.75, 3.05) is 11.9 Å². The van der Waals surface area contributed by atoms with Crippen molar-refractivity contribution in [2.24, 2.45) is 11.8 Å². The second-order valence-corrected chi connectivity index (χ2v) is 9.05. The molecule has 2 aliphatic rings. The topological polar surface area (TPSA) is 102 Å². The van der Waals surface area contributed by atoms with E-state index >= 15 is 0 Å². The van der Waals surface area contributed by atoms with Crippen LogP contribution in [-0.2, 0) is 19.1 Å². The Bertz CT molecular complexity index is 1010. The van der Waals surface area contributed by atoms with Gasteiger partial charge in [-0.2, -0.15) is 0 Å². The molecule has 158 valence electrons. The van der Waals surface area contributed by atoms with Crippen LogP contribution in [0.5, 0.6) is 0 Å². The number of hydrogen-bond donors (Lipinski definition) is 2. The zero-order chi connectivity index (χ0) is 21.4. The van der Waals surface area contributed by atoms with Crippen molar-refractivity contribution in [3.05, 3.63) is 39.7 Å². The maximum atomic E-state index is 13.0. The molecule has 3 heterocycles. The van der Waals surface area contributed by atoms with E-state index in [0.717, 1.165) is 10.0 Å². The quantitative estimate of drug-likeness (QED) is 0.585. The van der Waals surface area contributed by atoms with E-state index in [9.17, 15) is 19.5 Å². The van der Waals surface area contributed by atoms with E-state index in [0.29, 0.717) is 23.4 Å². The first-order chi connectivity index (χ1) is 14.4. The highest BCUT2D eigenvalue weighted by molar-refractivity contribution is 9.10. The Balaban J connectivity index is 1.66. The number of ether oxygens (including phenoxy) is 2. The molecule has 0 unspecified atom stereocenters. The van der Waals surface area contributed by atoms with Gasteiger partial charge in [0, 0.05) is 15.4 Å². The zero-order valence-electron chi connectivity index (χ0n) is 16.1. The molecule has 1 aromatic carbocycles. The number of carbonyl (C=O) groups excluding carboxylic acids is 2. The maximum Gasteiger partial charge on any atom is 0.341 e. The summed E-state index contributed by atoms with van der Waals surface area (Å²) in [6.07, 6.45) is 0.455. The highest BCUT2D eigenvalue weighted by Crippen LogP contribution is 2.45. The van der Waals surface area contributed by atoms with Crippen molar-refractivity contribution in [1.29, 1.82) is 0 Å². The van der Waals surface area contributed by atoms with Gasteiger partial charge in [-0.15, -0.1) is 11.3 Å². The molecular weight excluding hydrogens is 474 g/mol. The van der Waals surface area contributed by atoms with Gasteiger partial charge in [-0.1, -0.05) is 28.1 Å². The van der Waals surface area contributed by atoms with Gasteiger partial charge in [0.05, 0.1) is 30.7 Å². The second-order valence-electron chi connectivity index (χ2n) is 7.25. The molecule has 9 heteroatoms. The molecule has 4 rings (SSSR count). The van der Waals surface area contributed by atoms with Crippen molar-refractivity contribution < 1.29 is 29.0 Å². The third-order valence-corrected chi connectivity index (χ3v) is 6.89. The van der Waals surface area contributed by atoms with Crippen LogP contribution in [0.4, 0.5) is 5.00 Å². The first-order valence-electron chi connectivity index (χ1n) is 9.64. The van der Waals surface area contributed by atoms with Crippen LogP contribution in [0.3, 0.4) is 0 Å². The van der Waals surface area contributed by atoms with E-state index < -0.39 is 41.9 Å². The molecule has 0 aliphatic carbocycles.